The second kappa shape index (κ2) is 5.75. The number of para-hydroxylation sites is 1. The maximum atomic E-state index is 11.0. The second-order valence-electron chi connectivity index (χ2n) is 4.34. The number of aliphatic hydroxyl groups is 1. The molecule has 0 aliphatic rings. The molecule has 0 fully saturated rings. The molecule has 1 aromatic heterocycles. The number of ether oxygens (including phenoxy) is 1. The zero-order valence-electron chi connectivity index (χ0n) is 10.7. The van der Waals surface area contributed by atoms with Crippen molar-refractivity contribution in [3.8, 4) is 0 Å². The van der Waals surface area contributed by atoms with Crippen molar-refractivity contribution in [1.29, 1.82) is 0 Å². The first kappa shape index (κ1) is 14.1. The van der Waals surface area contributed by atoms with Crippen LogP contribution in [0.4, 0.5) is 0 Å². The SMILES string of the molecule is CC(=O)OC(C)c1cccc2cc(C(O)CBr)oc12. The average molecular weight is 327 g/mol. The maximum absolute atomic E-state index is 11.0. The minimum absolute atomic E-state index is 0.336. The number of halogens is 1. The second-order valence-corrected chi connectivity index (χ2v) is 4.98. The van der Waals surface area contributed by atoms with Crippen molar-refractivity contribution < 1.29 is 19.1 Å². The summed E-state index contributed by atoms with van der Waals surface area (Å²) in [6.07, 6.45) is -1.08. The van der Waals surface area contributed by atoms with Crippen molar-refractivity contribution in [2.75, 3.05) is 5.33 Å². The van der Waals surface area contributed by atoms with Gasteiger partial charge in [-0.3, -0.25) is 4.79 Å². The van der Waals surface area contributed by atoms with E-state index in [-0.39, 0.29) is 12.1 Å². The molecule has 0 radical (unpaired) electrons. The highest BCUT2D eigenvalue weighted by Gasteiger charge is 2.18. The summed E-state index contributed by atoms with van der Waals surface area (Å²) >= 11 is 3.21. The van der Waals surface area contributed by atoms with Gasteiger partial charge in [-0.1, -0.05) is 34.1 Å². The van der Waals surface area contributed by atoms with E-state index >= 15 is 0 Å². The lowest BCUT2D eigenvalue weighted by Crippen LogP contribution is -2.04. The number of fused-ring (bicyclic) bond motifs is 1. The first-order valence-electron chi connectivity index (χ1n) is 5.96. The Morgan fingerprint density at radius 1 is 1.53 bits per heavy atom. The van der Waals surface area contributed by atoms with Gasteiger partial charge in [-0.2, -0.15) is 0 Å². The van der Waals surface area contributed by atoms with Crippen molar-refractivity contribution in [2.24, 2.45) is 0 Å². The molecule has 2 aromatic rings. The lowest BCUT2D eigenvalue weighted by atomic mass is 10.1. The Morgan fingerprint density at radius 2 is 2.26 bits per heavy atom. The molecule has 0 aliphatic heterocycles. The van der Waals surface area contributed by atoms with Gasteiger partial charge >= 0.3 is 5.97 Å². The average Bonchev–Trinajstić information content (AvgIpc) is 2.80. The third kappa shape index (κ3) is 2.98. The molecule has 0 spiro atoms. The Balaban J connectivity index is 2.44. The number of alkyl halides is 1. The van der Waals surface area contributed by atoms with Crippen LogP contribution in [0.15, 0.2) is 28.7 Å². The van der Waals surface area contributed by atoms with Gasteiger partial charge in [0.2, 0.25) is 0 Å². The number of furan rings is 1. The number of benzene rings is 1. The monoisotopic (exact) mass is 326 g/mol. The topological polar surface area (TPSA) is 59.7 Å². The fourth-order valence-corrected chi connectivity index (χ4v) is 2.30. The van der Waals surface area contributed by atoms with Gasteiger partial charge in [-0.25, -0.2) is 0 Å². The Morgan fingerprint density at radius 3 is 2.89 bits per heavy atom. The summed E-state index contributed by atoms with van der Waals surface area (Å²) in [5, 5.41) is 11.1. The van der Waals surface area contributed by atoms with Crippen LogP contribution >= 0.6 is 15.9 Å². The van der Waals surface area contributed by atoms with E-state index in [1.165, 1.54) is 6.92 Å². The molecular formula is C14H15BrO4. The number of hydrogen-bond donors (Lipinski definition) is 1. The van der Waals surface area contributed by atoms with Gasteiger partial charge in [0.1, 0.15) is 23.6 Å². The number of esters is 1. The minimum Gasteiger partial charge on any atom is -0.458 e. The Kier molecular flexibility index (Phi) is 4.27. The minimum atomic E-state index is -0.690. The quantitative estimate of drug-likeness (QED) is 0.690. The summed E-state index contributed by atoms with van der Waals surface area (Å²) < 4.78 is 10.9. The van der Waals surface area contributed by atoms with Crippen molar-refractivity contribution in [3.63, 3.8) is 0 Å². The van der Waals surface area contributed by atoms with Crippen LogP contribution in [0.3, 0.4) is 0 Å². The largest absolute Gasteiger partial charge is 0.458 e. The van der Waals surface area contributed by atoms with Crippen LogP contribution in [-0.2, 0) is 9.53 Å². The van der Waals surface area contributed by atoms with E-state index in [1.807, 2.05) is 18.2 Å². The van der Waals surface area contributed by atoms with Gasteiger partial charge in [-0.15, -0.1) is 0 Å². The summed E-state index contributed by atoms with van der Waals surface area (Å²) in [4.78, 5) is 11.0. The summed E-state index contributed by atoms with van der Waals surface area (Å²) in [6.45, 7) is 3.16. The summed E-state index contributed by atoms with van der Waals surface area (Å²) in [6, 6.07) is 7.42. The lowest BCUT2D eigenvalue weighted by molar-refractivity contribution is -0.145. The molecule has 19 heavy (non-hydrogen) atoms. The molecule has 0 amide bonds. The van der Waals surface area contributed by atoms with Crippen molar-refractivity contribution in [2.45, 2.75) is 26.1 Å². The molecule has 2 rings (SSSR count). The molecule has 5 heteroatoms. The molecule has 2 unspecified atom stereocenters. The fourth-order valence-electron chi connectivity index (χ4n) is 1.98. The van der Waals surface area contributed by atoms with E-state index in [4.69, 9.17) is 9.15 Å². The van der Waals surface area contributed by atoms with Gasteiger partial charge in [0.25, 0.3) is 0 Å². The zero-order valence-corrected chi connectivity index (χ0v) is 12.3. The highest BCUT2D eigenvalue weighted by Crippen LogP contribution is 2.31. The van der Waals surface area contributed by atoms with Crippen LogP contribution in [0.2, 0.25) is 0 Å². The third-order valence-corrected chi connectivity index (χ3v) is 3.46. The number of carbonyl (C=O) groups excluding carboxylic acids is 1. The van der Waals surface area contributed by atoms with Gasteiger partial charge in [0.05, 0.1) is 0 Å². The van der Waals surface area contributed by atoms with Crippen LogP contribution in [0.5, 0.6) is 0 Å². The van der Waals surface area contributed by atoms with Crippen molar-refractivity contribution in [3.05, 3.63) is 35.6 Å². The smallest absolute Gasteiger partial charge is 0.303 e. The summed E-state index contributed by atoms with van der Waals surface area (Å²) in [7, 11) is 0. The Labute approximate surface area is 119 Å². The number of aliphatic hydroxyl groups excluding tert-OH is 1. The van der Waals surface area contributed by atoms with Gasteiger partial charge < -0.3 is 14.3 Å². The highest BCUT2D eigenvalue weighted by molar-refractivity contribution is 9.09. The fraction of sp³-hybridized carbons (Fsp3) is 0.357. The predicted octanol–water partition coefficient (Wildman–Crippen LogP) is 3.49. The van der Waals surface area contributed by atoms with Crippen LogP contribution in [-0.4, -0.2) is 16.4 Å². The number of hydrogen-bond acceptors (Lipinski definition) is 4. The highest BCUT2D eigenvalue weighted by atomic mass is 79.9. The standard InChI is InChI=1S/C14H15BrO4/c1-8(18-9(2)16)11-5-3-4-10-6-13(12(17)7-15)19-14(10)11/h3-6,8,12,17H,7H2,1-2H3. The number of rotatable bonds is 4. The van der Waals surface area contributed by atoms with Crippen LogP contribution in [0.1, 0.15) is 37.4 Å². The summed E-state index contributed by atoms with van der Waals surface area (Å²) in [5.41, 5.74) is 1.44. The Bertz CT molecular complexity index is 590. The van der Waals surface area contributed by atoms with Gasteiger partial charge in [-0.05, 0) is 13.0 Å². The molecule has 2 atom stereocenters. The Hall–Kier alpha value is -1.33. The first-order valence-corrected chi connectivity index (χ1v) is 7.08. The molecule has 1 heterocycles. The molecule has 0 aliphatic carbocycles. The number of carbonyl (C=O) groups is 1. The molecule has 0 saturated carbocycles. The van der Waals surface area contributed by atoms with Crippen LogP contribution in [0.25, 0.3) is 11.0 Å². The lowest BCUT2D eigenvalue weighted by Gasteiger charge is -2.12. The molecule has 1 aromatic carbocycles. The van der Waals surface area contributed by atoms with E-state index < -0.39 is 6.10 Å². The molecule has 102 valence electrons. The normalized spacial score (nSPS) is 14.3. The van der Waals surface area contributed by atoms with E-state index in [9.17, 15) is 9.90 Å². The molecule has 1 N–H and O–H groups in total. The third-order valence-electron chi connectivity index (χ3n) is 2.85. The van der Waals surface area contributed by atoms with Crippen LogP contribution in [0, 0.1) is 0 Å². The van der Waals surface area contributed by atoms with E-state index in [1.54, 1.807) is 13.0 Å². The molecule has 4 nitrogen and oxygen atoms in total. The molecule has 0 bridgehead atoms. The van der Waals surface area contributed by atoms with Crippen molar-refractivity contribution >= 4 is 32.9 Å². The molecule has 0 saturated heterocycles. The van der Waals surface area contributed by atoms with Gasteiger partial charge in [0, 0.05) is 23.2 Å². The van der Waals surface area contributed by atoms with Crippen molar-refractivity contribution in [1.82, 2.24) is 0 Å². The van der Waals surface area contributed by atoms with Crippen LogP contribution < -0.4 is 0 Å². The maximum Gasteiger partial charge on any atom is 0.303 e. The van der Waals surface area contributed by atoms with E-state index in [0.29, 0.717) is 16.7 Å². The zero-order chi connectivity index (χ0) is 14.0. The molecular weight excluding hydrogens is 312 g/mol. The van der Waals surface area contributed by atoms with E-state index in [2.05, 4.69) is 15.9 Å². The van der Waals surface area contributed by atoms with Gasteiger partial charge in [0.15, 0.2) is 0 Å². The first-order chi connectivity index (χ1) is 9.02. The summed E-state index contributed by atoms with van der Waals surface area (Å²) in [5.74, 6) is 0.158. The van der Waals surface area contributed by atoms with E-state index in [0.717, 1.165) is 10.9 Å². The predicted molar refractivity (Wildman–Crippen MR) is 75.1 cm³/mol.